The zero-order chi connectivity index (χ0) is 25.0. The van der Waals surface area contributed by atoms with Crippen LogP contribution in [0, 0.1) is 0 Å². The Labute approximate surface area is 207 Å². The van der Waals surface area contributed by atoms with Crippen LogP contribution in [0.1, 0.15) is 10.4 Å². The van der Waals surface area contributed by atoms with Crippen molar-refractivity contribution < 1.29 is 13.9 Å². The van der Waals surface area contributed by atoms with Crippen molar-refractivity contribution in [1.82, 2.24) is 0 Å². The summed E-state index contributed by atoms with van der Waals surface area (Å²) in [5.74, 6) is -0.422. The van der Waals surface area contributed by atoms with Gasteiger partial charge in [-0.2, -0.15) is 0 Å². The molecule has 176 valence electrons. The number of anilines is 1. The quantitative estimate of drug-likeness (QED) is 0.161. The molecular formula is C31H23NO4. The summed E-state index contributed by atoms with van der Waals surface area (Å²) in [6.45, 7) is 0. The van der Waals surface area contributed by atoms with Crippen LogP contribution in [0.15, 0.2) is 94.1 Å². The lowest BCUT2D eigenvalue weighted by Gasteiger charge is -2.17. The van der Waals surface area contributed by atoms with Crippen molar-refractivity contribution in [2.75, 3.05) is 26.1 Å². The normalized spacial score (nSPS) is 11.4. The van der Waals surface area contributed by atoms with Crippen molar-refractivity contribution in [2.24, 2.45) is 0 Å². The molecule has 1 heterocycles. The van der Waals surface area contributed by atoms with Crippen LogP contribution in [-0.4, -0.2) is 27.2 Å². The van der Waals surface area contributed by atoms with Crippen LogP contribution >= 0.6 is 0 Å². The lowest BCUT2D eigenvalue weighted by molar-refractivity contribution is 0.0601. The van der Waals surface area contributed by atoms with Gasteiger partial charge in [0.25, 0.3) is 0 Å². The smallest absolute Gasteiger partial charge is 0.338 e. The maximum atomic E-state index is 13.0. The van der Waals surface area contributed by atoms with E-state index in [2.05, 4.69) is 17.0 Å². The molecule has 1 aromatic heterocycles. The van der Waals surface area contributed by atoms with E-state index in [1.54, 1.807) is 18.2 Å². The summed E-state index contributed by atoms with van der Waals surface area (Å²) >= 11 is 0. The maximum absolute atomic E-state index is 13.0. The van der Waals surface area contributed by atoms with E-state index >= 15 is 0 Å². The van der Waals surface area contributed by atoms with E-state index in [9.17, 15) is 9.59 Å². The third-order valence-electron chi connectivity index (χ3n) is 6.77. The highest BCUT2D eigenvalue weighted by Gasteiger charge is 2.21. The number of hydrogen-bond donors (Lipinski definition) is 0. The minimum absolute atomic E-state index is 0.108. The van der Waals surface area contributed by atoms with Gasteiger partial charge in [0.15, 0.2) is 5.43 Å². The molecule has 5 aromatic carbocycles. The number of nitrogens with zero attached hydrogens (tertiary/aromatic N) is 1. The average Bonchev–Trinajstić information content (AvgIpc) is 2.90. The number of fused-ring (bicyclic) bond motifs is 6. The summed E-state index contributed by atoms with van der Waals surface area (Å²) < 4.78 is 11.7. The number of hydrogen-bond acceptors (Lipinski definition) is 5. The minimum Gasteiger partial charge on any atom is -0.465 e. The van der Waals surface area contributed by atoms with Crippen LogP contribution in [0.25, 0.3) is 54.6 Å². The Morgan fingerprint density at radius 3 is 2.28 bits per heavy atom. The van der Waals surface area contributed by atoms with Gasteiger partial charge in [-0.3, -0.25) is 4.79 Å². The molecule has 0 saturated carbocycles. The molecule has 0 fully saturated rings. The monoisotopic (exact) mass is 473 g/mol. The number of esters is 1. The highest BCUT2D eigenvalue weighted by atomic mass is 16.5. The molecule has 5 heteroatoms. The first kappa shape index (κ1) is 21.9. The largest absolute Gasteiger partial charge is 0.465 e. The molecular weight excluding hydrogens is 450 g/mol. The Morgan fingerprint density at radius 2 is 1.50 bits per heavy atom. The Kier molecular flexibility index (Phi) is 5.00. The molecule has 0 N–H and O–H groups in total. The van der Waals surface area contributed by atoms with Crippen LogP contribution in [0.4, 0.5) is 5.69 Å². The standard InChI is InChI=1S/C31H23NO4/c1-32(2)20-13-16-21-19(17-20)12-15-24-28(22-8-4-5-9-23(22)31(34)35-3)25-14-11-18-7-6-10-26(33)27(18)30(25)36-29(21)24/h4-17H,1-3H3. The first-order chi connectivity index (χ1) is 17.5. The van der Waals surface area contributed by atoms with Crippen molar-refractivity contribution in [3.63, 3.8) is 0 Å². The molecule has 0 unspecified atom stereocenters. The van der Waals surface area contributed by atoms with E-state index in [1.807, 2.05) is 68.7 Å². The summed E-state index contributed by atoms with van der Waals surface area (Å²) in [7, 11) is 5.39. The molecule has 0 spiro atoms. The molecule has 0 aliphatic carbocycles. The number of carbonyl (C=O) groups excluding carboxylic acids is 1. The zero-order valence-electron chi connectivity index (χ0n) is 20.2. The van der Waals surface area contributed by atoms with Crippen LogP contribution in [-0.2, 0) is 4.74 Å². The second-order valence-corrected chi connectivity index (χ2v) is 9.05. The average molecular weight is 474 g/mol. The van der Waals surface area contributed by atoms with E-state index in [0.29, 0.717) is 22.1 Å². The van der Waals surface area contributed by atoms with Crippen LogP contribution in [0.3, 0.4) is 0 Å². The summed E-state index contributed by atoms with van der Waals surface area (Å²) in [5, 5.41) is 4.89. The Balaban J connectivity index is 1.86. The zero-order valence-corrected chi connectivity index (χ0v) is 20.2. The van der Waals surface area contributed by atoms with Crippen molar-refractivity contribution in [1.29, 1.82) is 0 Å². The van der Waals surface area contributed by atoms with Gasteiger partial charge in [-0.15, -0.1) is 0 Å². The lowest BCUT2D eigenvalue weighted by atomic mass is 9.91. The molecule has 6 rings (SSSR count). The fraction of sp³-hybridized carbons (Fsp3) is 0.0968. The van der Waals surface area contributed by atoms with Gasteiger partial charge in [-0.1, -0.05) is 42.5 Å². The molecule has 0 saturated heterocycles. The van der Waals surface area contributed by atoms with E-state index < -0.39 is 5.97 Å². The van der Waals surface area contributed by atoms with Crippen molar-refractivity contribution in [3.05, 3.63) is 101 Å². The van der Waals surface area contributed by atoms with Crippen LogP contribution < -0.4 is 10.3 Å². The maximum Gasteiger partial charge on any atom is 0.338 e. The number of ether oxygens (including phenoxy) is 1. The van der Waals surface area contributed by atoms with Gasteiger partial charge in [-0.25, -0.2) is 4.79 Å². The fourth-order valence-electron chi connectivity index (χ4n) is 5.02. The molecule has 0 aliphatic heterocycles. The second kappa shape index (κ2) is 8.24. The van der Waals surface area contributed by atoms with Gasteiger partial charge >= 0.3 is 5.97 Å². The van der Waals surface area contributed by atoms with Crippen molar-refractivity contribution >= 4 is 55.1 Å². The molecule has 5 nitrogen and oxygen atoms in total. The Bertz CT molecular complexity index is 1900. The first-order valence-corrected chi connectivity index (χ1v) is 11.7. The Morgan fingerprint density at radius 1 is 0.778 bits per heavy atom. The van der Waals surface area contributed by atoms with E-state index in [4.69, 9.17) is 9.15 Å². The second-order valence-electron chi connectivity index (χ2n) is 9.05. The fourth-order valence-corrected chi connectivity index (χ4v) is 5.02. The van der Waals surface area contributed by atoms with E-state index in [1.165, 1.54) is 7.11 Å². The highest BCUT2D eigenvalue weighted by Crippen LogP contribution is 2.42. The van der Waals surface area contributed by atoms with Gasteiger partial charge in [0.05, 0.1) is 18.1 Å². The lowest BCUT2D eigenvalue weighted by Crippen LogP contribution is -2.08. The molecule has 0 aliphatic rings. The number of carbonyl (C=O) groups is 1. The third kappa shape index (κ3) is 3.24. The van der Waals surface area contributed by atoms with Gasteiger partial charge in [0.1, 0.15) is 11.2 Å². The molecule has 6 aromatic rings. The predicted octanol–water partition coefficient (Wildman–Crippen LogP) is 6.77. The molecule has 0 atom stereocenters. The molecule has 0 bridgehead atoms. The summed E-state index contributed by atoms with van der Waals surface area (Å²) in [6.07, 6.45) is 0. The topological polar surface area (TPSA) is 59.8 Å². The summed E-state index contributed by atoms with van der Waals surface area (Å²) in [4.78, 5) is 27.9. The summed E-state index contributed by atoms with van der Waals surface area (Å²) in [5.41, 5.74) is 4.14. The van der Waals surface area contributed by atoms with E-state index in [-0.39, 0.29) is 5.43 Å². The minimum atomic E-state index is -0.422. The van der Waals surface area contributed by atoms with Gasteiger partial charge in [0.2, 0.25) is 0 Å². The van der Waals surface area contributed by atoms with Crippen LogP contribution in [0.2, 0.25) is 0 Å². The van der Waals surface area contributed by atoms with Gasteiger partial charge in [0, 0.05) is 41.5 Å². The predicted molar refractivity (Wildman–Crippen MR) is 146 cm³/mol. The Hall–Kier alpha value is -4.64. The highest BCUT2D eigenvalue weighted by molar-refractivity contribution is 6.21. The number of rotatable bonds is 3. The number of methoxy groups -OCH3 is 1. The molecule has 0 radical (unpaired) electrons. The SMILES string of the molecule is COC(=O)c1ccccc1-c1c2ccc3cc(N(C)C)ccc3c2oc2c1ccc1cccc(=O)c12. The molecule has 36 heavy (non-hydrogen) atoms. The summed E-state index contributed by atoms with van der Waals surface area (Å²) in [6, 6.07) is 26.8. The van der Waals surface area contributed by atoms with Gasteiger partial charge in [-0.05, 0) is 58.8 Å². The van der Waals surface area contributed by atoms with Crippen LogP contribution in [0.5, 0.6) is 0 Å². The molecule has 0 amide bonds. The van der Waals surface area contributed by atoms with Crippen molar-refractivity contribution in [2.45, 2.75) is 0 Å². The first-order valence-electron chi connectivity index (χ1n) is 11.7. The van der Waals surface area contributed by atoms with E-state index in [0.717, 1.165) is 43.7 Å². The number of benzene rings is 5. The van der Waals surface area contributed by atoms with Gasteiger partial charge < -0.3 is 14.1 Å². The third-order valence-corrected chi connectivity index (χ3v) is 6.77. The van der Waals surface area contributed by atoms with Crippen molar-refractivity contribution in [3.8, 4) is 11.1 Å².